The van der Waals surface area contributed by atoms with Crippen LogP contribution >= 0.6 is 7.82 Å². The van der Waals surface area contributed by atoms with Crippen LogP contribution in [0.4, 0.5) is 0 Å². The van der Waals surface area contributed by atoms with Gasteiger partial charge in [0.15, 0.2) is 0 Å². The molecular formula is C50H94NO8P. The van der Waals surface area contributed by atoms with Crippen molar-refractivity contribution in [3.63, 3.8) is 0 Å². The number of carbonyl (C=O) groups is 2. The summed E-state index contributed by atoms with van der Waals surface area (Å²) in [5.74, 6) is -0.521. The quantitative estimate of drug-likeness (QED) is 0.0238. The maximum Gasteiger partial charge on any atom is 0.472 e. The second-order valence-corrected chi connectivity index (χ2v) is 18.2. The van der Waals surface area contributed by atoms with Crippen LogP contribution in [0.2, 0.25) is 0 Å². The van der Waals surface area contributed by atoms with Gasteiger partial charge in [0.1, 0.15) is 12.7 Å². The first-order valence-corrected chi connectivity index (χ1v) is 26.5. The number of nitrogens with one attached hydrogen (secondary N) is 1. The van der Waals surface area contributed by atoms with Gasteiger partial charge in [-0.2, -0.15) is 0 Å². The van der Waals surface area contributed by atoms with Gasteiger partial charge in [-0.05, 0) is 51.4 Å². The molecule has 0 aromatic rings. The van der Waals surface area contributed by atoms with E-state index in [2.05, 4.69) is 55.6 Å². The minimum Gasteiger partial charge on any atom is -0.463 e. The topological polar surface area (TPSA) is 131 Å². The monoisotopic (exact) mass is 868 g/mol. The van der Waals surface area contributed by atoms with Crippen molar-refractivity contribution in [3.05, 3.63) is 36.5 Å². The van der Waals surface area contributed by atoms with Crippen LogP contribution in [-0.2, 0) is 27.9 Å². The first kappa shape index (κ1) is 58.2. The SMILES string of the molecule is CCCCC/C=C\C/C=C\C/C=C\CCCCCCCCC(=O)OCC(O)COP(=O)(O)OCCNC(=O)CCCCCCCCCCCCCCCCCCCCCC. The number of phosphoric acid groups is 1. The van der Waals surface area contributed by atoms with Gasteiger partial charge >= 0.3 is 13.8 Å². The molecule has 0 aromatic carbocycles. The van der Waals surface area contributed by atoms with Gasteiger partial charge in [-0.1, -0.05) is 211 Å². The molecule has 0 spiro atoms. The van der Waals surface area contributed by atoms with Gasteiger partial charge in [-0.3, -0.25) is 18.6 Å². The standard InChI is InChI=1S/C50H94NO8P/c1-3-5-7-9-11-13-15-17-19-21-23-25-26-28-30-32-34-36-38-40-42-49(53)51-44-45-58-60(55,56)59-47-48(52)46-57-50(54)43-41-39-37-35-33-31-29-27-24-22-20-18-16-14-12-10-8-6-4-2/h12,14,18,20,24,27,48,52H,3-11,13,15-17,19,21-23,25-26,28-47H2,1-2H3,(H,51,53)(H,55,56)/b14-12-,20-18-,27-24-. The van der Waals surface area contributed by atoms with Gasteiger partial charge < -0.3 is 20.1 Å². The molecule has 0 aliphatic carbocycles. The molecule has 0 heterocycles. The van der Waals surface area contributed by atoms with E-state index in [4.69, 9.17) is 13.8 Å². The number of phosphoric ester groups is 1. The molecule has 60 heavy (non-hydrogen) atoms. The maximum atomic E-state index is 12.1. The Hall–Kier alpha value is -1.77. The number of esters is 1. The number of amides is 1. The third kappa shape index (κ3) is 47.3. The molecule has 0 fully saturated rings. The number of aliphatic hydroxyl groups is 1. The highest BCUT2D eigenvalue weighted by Crippen LogP contribution is 2.42. The summed E-state index contributed by atoms with van der Waals surface area (Å²) in [4.78, 5) is 34.0. The maximum absolute atomic E-state index is 12.1. The Bertz CT molecular complexity index is 1080. The Balaban J connectivity index is 3.56. The predicted octanol–water partition coefficient (Wildman–Crippen LogP) is 14.5. The molecule has 1 amide bonds. The van der Waals surface area contributed by atoms with Crippen LogP contribution in [0, 0.1) is 0 Å². The second kappa shape index (κ2) is 46.7. The number of rotatable bonds is 47. The largest absolute Gasteiger partial charge is 0.472 e. The molecule has 9 nitrogen and oxygen atoms in total. The fourth-order valence-electron chi connectivity index (χ4n) is 7.04. The van der Waals surface area contributed by atoms with E-state index in [0.717, 1.165) is 64.2 Å². The van der Waals surface area contributed by atoms with E-state index in [1.807, 2.05) is 0 Å². The number of unbranched alkanes of at least 4 members (excludes halogenated alkanes) is 28. The van der Waals surface area contributed by atoms with Gasteiger partial charge in [0.25, 0.3) is 0 Å². The molecule has 0 rings (SSSR count). The Labute approximate surface area is 369 Å². The Morgan fingerprint density at radius 2 is 0.900 bits per heavy atom. The zero-order valence-electron chi connectivity index (χ0n) is 38.9. The number of carbonyl (C=O) groups excluding carboxylic acids is 2. The molecule has 2 atom stereocenters. The van der Waals surface area contributed by atoms with Gasteiger partial charge in [0.05, 0.1) is 13.2 Å². The lowest BCUT2D eigenvalue weighted by molar-refractivity contribution is -0.147. The summed E-state index contributed by atoms with van der Waals surface area (Å²) in [5.41, 5.74) is 0. The molecule has 0 saturated carbocycles. The lowest BCUT2D eigenvalue weighted by Crippen LogP contribution is -2.27. The Kier molecular flexibility index (Phi) is 45.3. The first-order chi connectivity index (χ1) is 29.3. The zero-order chi connectivity index (χ0) is 43.9. The van der Waals surface area contributed by atoms with Crippen LogP contribution in [0.5, 0.6) is 0 Å². The van der Waals surface area contributed by atoms with Crippen LogP contribution in [0.3, 0.4) is 0 Å². The molecule has 0 aliphatic rings. The lowest BCUT2D eigenvalue weighted by atomic mass is 10.0. The zero-order valence-corrected chi connectivity index (χ0v) is 39.8. The van der Waals surface area contributed by atoms with Crippen molar-refractivity contribution in [3.8, 4) is 0 Å². The molecule has 0 bridgehead atoms. The summed E-state index contributed by atoms with van der Waals surface area (Å²) in [7, 11) is -4.42. The van der Waals surface area contributed by atoms with Crippen LogP contribution in [0.15, 0.2) is 36.5 Å². The van der Waals surface area contributed by atoms with Crippen molar-refractivity contribution in [2.24, 2.45) is 0 Å². The Morgan fingerprint density at radius 1 is 0.517 bits per heavy atom. The third-order valence-electron chi connectivity index (χ3n) is 10.8. The van der Waals surface area contributed by atoms with Crippen molar-refractivity contribution >= 4 is 19.7 Å². The fourth-order valence-corrected chi connectivity index (χ4v) is 7.79. The summed E-state index contributed by atoms with van der Waals surface area (Å²) >= 11 is 0. The van der Waals surface area contributed by atoms with E-state index >= 15 is 0 Å². The average molecular weight is 868 g/mol. The highest BCUT2D eigenvalue weighted by Gasteiger charge is 2.23. The van der Waals surface area contributed by atoms with E-state index in [1.54, 1.807) is 0 Å². The third-order valence-corrected chi connectivity index (χ3v) is 11.8. The summed E-state index contributed by atoms with van der Waals surface area (Å²) < 4.78 is 27.0. The summed E-state index contributed by atoms with van der Waals surface area (Å²) in [6, 6.07) is 0. The summed E-state index contributed by atoms with van der Waals surface area (Å²) in [5, 5.41) is 12.7. The van der Waals surface area contributed by atoms with Gasteiger partial charge in [-0.25, -0.2) is 4.57 Å². The van der Waals surface area contributed by atoms with Crippen LogP contribution in [0.25, 0.3) is 0 Å². The normalized spacial score (nSPS) is 13.5. The van der Waals surface area contributed by atoms with Gasteiger partial charge in [-0.15, -0.1) is 0 Å². The number of hydrogen-bond acceptors (Lipinski definition) is 7. The van der Waals surface area contributed by atoms with Crippen molar-refractivity contribution < 1.29 is 37.9 Å². The van der Waals surface area contributed by atoms with Crippen LogP contribution in [0.1, 0.15) is 239 Å². The van der Waals surface area contributed by atoms with E-state index < -0.39 is 26.5 Å². The molecule has 10 heteroatoms. The average Bonchev–Trinajstić information content (AvgIpc) is 3.23. The fraction of sp³-hybridized carbons (Fsp3) is 0.840. The number of ether oxygens (including phenoxy) is 1. The number of aliphatic hydroxyl groups excluding tert-OH is 1. The van der Waals surface area contributed by atoms with Crippen molar-refractivity contribution in [2.45, 2.75) is 245 Å². The molecule has 0 aliphatic heterocycles. The van der Waals surface area contributed by atoms with Crippen molar-refractivity contribution in [2.75, 3.05) is 26.4 Å². The Morgan fingerprint density at radius 3 is 1.38 bits per heavy atom. The van der Waals surface area contributed by atoms with Gasteiger partial charge in [0, 0.05) is 19.4 Å². The van der Waals surface area contributed by atoms with E-state index in [1.165, 1.54) is 148 Å². The molecular weight excluding hydrogens is 774 g/mol. The molecule has 0 radical (unpaired) electrons. The molecule has 0 aromatic heterocycles. The second-order valence-electron chi connectivity index (χ2n) is 16.8. The summed E-state index contributed by atoms with van der Waals surface area (Å²) in [6.45, 7) is 3.55. The minimum atomic E-state index is -4.42. The number of allylic oxidation sites excluding steroid dienone is 6. The van der Waals surface area contributed by atoms with E-state index in [9.17, 15) is 24.2 Å². The highest BCUT2D eigenvalue weighted by molar-refractivity contribution is 7.47. The number of hydrogen-bond donors (Lipinski definition) is 3. The van der Waals surface area contributed by atoms with Crippen LogP contribution < -0.4 is 5.32 Å². The van der Waals surface area contributed by atoms with Gasteiger partial charge in [0.2, 0.25) is 5.91 Å². The molecule has 2 unspecified atom stereocenters. The van der Waals surface area contributed by atoms with Crippen molar-refractivity contribution in [1.82, 2.24) is 5.32 Å². The van der Waals surface area contributed by atoms with E-state index in [0.29, 0.717) is 6.42 Å². The van der Waals surface area contributed by atoms with Crippen LogP contribution in [-0.4, -0.2) is 54.3 Å². The minimum absolute atomic E-state index is 0.0827. The summed E-state index contributed by atoms with van der Waals surface area (Å²) in [6.07, 6.45) is 53.6. The molecule has 352 valence electrons. The van der Waals surface area contributed by atoms with E-state index in [-0.39, 0.29) is 32.1 Å². The lowest BCUT2D eigenvalue weighted by Gasteiger charge is -2.15. The predicted molar refractivity (Wildman–Crippen MR) is 252 cm³/mol. The molecule has 0 saturated heterocycles. The first-order valence-electron chi connectivity index (χ1n) is 25.0. The smallest absolute Gasteiger partial charge is 0.463 e. The highest BCUT2D eigenvalue weighted by atomic mass is 31.2. The molecule has 3 N–H and O–H groups in total. The van der Waals surface area contributed by atoms with Crippen molar-refractivity contribution in [1.29, 1.82) is 0 Å².